The van der Waals surface area contributed by atoms with Gasteiger partial charge in [0.15, 0.2) is 5.96 Å². The lowest BCUT2D eigenvalue weighted by Gasteiger charge is -2.22. The fourth-order valence-corrected chi connectivity index (χ4v) is 3.63. The van der Waals surface area contributed by atoms with Crippen LogP contribution in [0.4, 0.5) is 5.69 Å². The molecular formula is C22H31ClIN5O. The molecule has 2 N–H and O–H groups in total. The number of benzene rings is 1. The van der Waals surface area contributed by atoms with Crippen molar-refractivity contribution in [3.05, 3.63) is 52.8 Å². The Morgan fingerprint density at radius 2 is 2.17 bits per heavy atom. The molecule has 0 bridgehead atoms. The first kappa shape index (κ1) is 24.5. The highest BCUT2D eigenvalue weighted by Crippen LogP contribution is 2.33. The van der Waals surface area contributed by atoms with Gasteiger partial charge in [0.1, 0.15) is 5.75 Å². The van der Waals surface area contributed by atoms with E-state index in [0.29, 0.717) is 6.04 Å². The third-order valence-electron chi connectivity index (χ3n) is 5.00. The molecule has 1 aliphatic heterocycles. The molecule has 0 radical (unpaired) electrons. The van der Waals surface area contributed by atoms with Crippen molar-refractivity contribution >= 4 is 47.2 Å². The summed E-state index contributed by atoms with van der Waals surface area (Å²) in [7, 11) is 1.69. The van der Waals surface area contributed by atoms with E-state index in [4.69, 9.17) is 21.3 Å². The van der Waals surface area contributed by atoms with Crippen molar-refractivity contribution in [2.24, 2.45) is 4.99 Å². The molecule has 2 heterocycles. The van der Waals surface area contributed by atoms with Crippen LogP contribution >= 0.6 is 35.6 Å². The van der Waals surface area contributed by atoms with E-state index in [-0.39, 0.29) is 24.0 Å². The fraction of sp³-hybridized carbons (Fsp3) is 0.455. The Labute approximate surface area is 201 Å². The summed E-state index contributed by atoms with van der Waals surface area (Å²) in [6.07, 6.45) is 3.83. The number of rotatable bonds is 7. The maximum absolute atomic E-state index is 6.20. The number of aryl methyl sites for hydroxylation is 1. The van der Waals surface area contributed by atoms with Gasteiger partial charge in [-0.25, -0.2) is 0 Å². The lowest BCUT2D eigenvalue weighted by Crippen LogP contribution is -2.44. The van der Waals surface area contributed by atoms with Gasteiger partial charge in [-0.2, -0.15) is 0 Å². The molecule has 3 rings (SSSR count). The van der Waals surface area contributed by atoms with E-state index in [1.54, 1.807) is 7.11 Å². The Balaban J connectivity index is 0.00000320. The molecule has 1 unspecified atom stereocenters. The minimum absolute atomic E-state index is 0. The van der Waals surface area contributed by atoms with E-state index in [1.165, 1.54) is 5.56 Å². The van der Waals surface area contributed by atoms with Crippen LogP contribution in [0.15, 0.2) is 41.5 Å². The van der Waals surface area contributed by atoms with Crippen molar-refractivity contribution in [3.63, 3.8) is 0 Å². The molecule has 0 spiro atoms. The number of aliphatic imine (C=N–C) groups is 1. The molecule has 1 fully saturated rings. The molecule has 8 heteroatoms. The number of pyridine rings is 1. The second-order valence-corrected chi connectivity index (χ2v) is 7.65. The summed E-state index contributed by atoms with van der Waals surface area (Å²) in [5.41, 5.74) is 3.28. The molecule has 1 saturated heterocycles. The zero-order chi connectivity index (χ0) is 20.6. The molecule has 0 saturated carbocycles. The van der Waals surface area contributed by atoms with Crippen molar-refractivity contribution < 1.29 is 4.74 Å². The minimum atomic E-state index is 0. The van der Waals surface area contributed by atoms with E-state index in [2.05, 4.69) is 33.5 Å². The topological polar surface area (TPSA) is 61.8 Å². The molecule has 164 valence electrons. The highest BCUT2D eigenvalue weighted by molar-refractivity contribution is 14.0. The Morgan fingerprint density at radius 3 is 2.87 bits per heavy atom. The summed E-state index contributed by atoms with van der Waals surface area (Å²) in [5.74, 6) is 1.71. The van der Waals surface area contributed by atoms with Gasteiger partial charge in [0.2, 0.25) is 0 Å². The second-order valence-electron chi connectivity index (χ2n) is 7.21. The number of hydrogen-bond acceptors (Lipinski definition) is 4. The number of aromatic nitrogens is 1. The molecule has 0 aliphatic carbocycles. The maximum Gasteiger partial charge on any atom is 0.191 e. The van der Waals surface area contributed by atoms with Crippen molar-refractivity contribution in [2.75, 3.05) is 38.2 Å². The molecule has 1 aromatic carbocycles. The average molecular weight is 544 g/mol. The van der Waals surface area contributed by atoms with Crippen molar-refractivity contribution in [1.82, 2.24) is 15.6 Å². The predicted molar refractivity (Wildman–Crippen MR) is 136 cm³/mol. The van der Waals surface area contributed by atoms with Crippen LogP contribution < -0.4 is 20.3 Å². The quantitative estimate of drug-likeness (QED) is 0.314. The van der Waals surface area contributed by atoms with Crippen LogP contribution in [0.25, 0.3) is 0 Å². The van der Waals surface area contributed by atoms with Gasteiger partial charge in [0.05, 0.1) is 12.8 Å². The molecule has 1 aliphatic rings. The molecule has 1 atom stereocenters. The number of methoxy groups -OCH3 is 1. The first-order valence-electron chi connectivity index (χ1n) is 10.1. The first-order chi connectivity index (χ1) is 14.1. The van der Waals surface area contributed by atoms with Crippen LogP contribution in [0.2, 0.25) is 5.02 Å². The third-order valence-corrected chi connectivity index (χ3v) is 5.23. The zero-order valence-electron chi connectivity index (χ0n) is 17.8. The van der Waals surface area contributed by atoms with Crippen LogP contribution in [0, 0.1) is 6.92 Å². The number of nitrogens with one attached hydrogen (secondary N) is 2. The summed E-state index contributed by atoms with van der Waals surface area (Å²) in [5, 5.41) is 7.64. The van der Waals surface area contributed by atoms with Gasteiger partial charge in [-0.1, -0.05) is 17.7 Å². The number of guanidine groups is 1. The molecule has 6 nitrogen and oxygen atoms in total. The third kappa shape index (κ3) is 6.91. The van der Waals surface area contributed by atoms with Gasteiger partial charge >= 0.3 is 0 Å². The van der Waals surface area contributed by atoms with Gasteiger partial charge in [0, 0.05) is 49.1 Å². The number of halogens is 2. The van der Waals surface area contributed by atoms with E-state index in [9.17, 15) is 0 Å². The summed E-state index contributed by atoms with van der Waals surface area (Å²) < 4.78 is 5.51. The van der Waals surface area contributed by atoms with Gasteiger partial charge in [-0.15, -0.1) is 24.0 Å². The Morgan fingerprint density at radius 1 is 1.33 bits per heavy atom. The van der Waals surface area contributed by atoms with E-state index < -0.39 is 0 Å². The lowest BCUT2D eigenvalue weighted by molar-refractivity contribution is 0.415. The Bertz CT molecular complexity index is 831. The Kier molecular flexibility index (Phi) is 9.97. The number of nitrogens with zero attached hydrogens (tertiary/aromatic N) is 3. The van der Waals surface area contributed by atoms with E-state index in [0.717, 1.165) is 67.1 Å². The maximum atomic E-state index is 6.20. The molecule has 30 heavy (non-hydrogen) atoms. The van der Waals surface area contributed by atoms with Crippen LogP contribution in [-0.2, 0) is 6.42 Å². The van der Waals surface area contributed by atoms with Crippen molar-refractivity contribution in [1.29, 1.82) is 0 Å². The largest absolute Gasteiger partial charge is 0.495 e. The highest BCUT2D eigenvalue weighted by atomic mass is 127. The van der Waals surface area contributed by atoms with Gasteiger partial charge < -0.3 is 20.3 Å². The highest BCUT2D eigenvalue weighted by Gasteiger charge is 2.25. The van der Waals surface area contributed by atoms with Gasteiger partial charge in [0.25, 0.3) is 0 Å². The Hall–Kier alpha value is -1.74. The normalized spacial score (nSPS) is 16.2. The summed E-state index contributed by atoms with van der Waals surface area (Å²) in [6.45, 7) is 7.46. The van der Waals surface area contributed by atoms with Crippen molar-refractivity contribution in [3.8, 4) is 5.75 Å². The average Bonchev–Trinajstić information content (AvgIpc) is 3.18. The molecular weight excluding hydrogens is 513 g/mol. The van der Waals surface area contributed by atoms with Crippen LogP contribution in [0.5, 0.6) is 5.75 Å². The molecule has 1 aromatic heterocycles. The second kappa shape index (κ2) is 12.2. The van der Waals surface area contributed by atoms with E-state index >= 15 is 0 Å². The summed E-state index contributed by atoms with van der Waals surface area (Å²) in [4.78, 5) is 11.4. The van der Waals surface area contributed by atoms with Crippen LogP contribution in [0.1, 0.15) is 24.6 Å². The standard InChI is InChI=1S/C22H30ClN5O.HI/c1-4-24-22(25-11-9-17-6-5-16(2)26-14-17)27-19-10-12-28(15-19)20-13-18(23)7-8-21(20)29-3;/h5-8,13-14,19H,4,9-12,15H2,1-3H3,(H2,24,25,27);1H. The van der Waals surface area contributed by atoms with Crippen LogP contribution in [0.3, 0.4) is 0 Å². The summed E-state index contributed by atoms with van der Waals surface area (Å²) >= 11 is 6.20. The predicted octanol–water partition coefficient (Wildman–Crippen LogP) is 4.05. The first-order valence-corrected chi connectivity index (χ1v) is 10.5. The SMILES string of the molecule is CCNC(=NCCc1ccc(C)nc1)NC1CCN(c2cc(Cl)ccc2OC)C1.I. The number of hydrogen-bond donors (Lipinski definition) is 2. The van der Waals surface area contributed by atoms with Gasteiger partial charge in [-0.05, 0) is 56.5 Å². The van der Waals surface area contributed by atoms with Gasteiger partial charge in [-0.3, -0.25) is 9.98 Å². The zero-order valence-corrected chi connectivity index (χ0v) is 20.9. The minimum Gasteiger partial charge on any atom is -0.495 e. The smallest absolute Gasteiger partial charge is 0.191 e. The summed E-state index contributed by atoms with van der Waals surface area (Å²) in [6, 6.07) is 10.2. The number of ether oxygens (including phenoxy) is 1. The molecule has 0 amide bonds. The van der Waals surface area contributed by atoms with Crippen LogP contribution in [-0.4, -0.2) is 50.3 Å². The van der Waals surface area contributed by atoms with E-state index in [1.807, 2.05) is 37.4 Å². The molecule has 2 aromatic rings. The number of anilines is 1. The van der Waals surface area contributed by atoms with Crippen molar-refractivity contribution in [2.45, 2.75) is 32.7 Å². The fourth-order valence-electron chi connectivity index (χ4n) is 3.46. The lowest BCUT2D eigenvalue weighted by atomic mass is 10.2. The monoisotopic (exact) mass is 543 g/mol.